The molecule has 2 atom stereocenters. The van der Waals surface area contributed by atoms with Crippen molar-refractivity contribution >= 4 is 31.7 Å². The van der Waals surface area contributed by atoms with Crippen molar-refractivity contribution < 1.29 is 47.2 Å². The second-order valence-electron chi connectivity index (χ2n) is 12.9. The normalized spacial score (nSPS) is 12.3. The largest absolute Gasteiger partial charge is 0.493 e. The molecule has 4 N–H and O–H groups in total. The number of ether oxygens (including phenoxy) is 1. The molecule has 0 radical (unpaired) electrons. The van der Waals surface area contributed by atoms with E-state index in [4.69, 9.17) is 18.2 Å². The Kier molecular flexibility index (Phi) is 17.3. The Labute approximate surface area is 327 Å². The van der Waals surface area contributed by atoms with Crippen molar-refractivity contribution in [2.75, 3.05) is 19.6 Å². The highest BCUT2D eigenvalue weighted by molar-refractivity contribution is 7.53. The monoisotopic (exact) mass is 790 g/mol. The molecule has 4 aromatic rings. The van der Waals surface area contributed by atoms with Crippen LogP contribution in [0, 0.1) is 5.92 Å². The minimum absolute atomic E-state index is 0.0183. The molecule has 300 valence electrons. The van der Waals surface area contributed by atoms with Crippen LogP contribution in [0.15, 0.2) is 95.4 Å². The fourth-order valence-electron chi connectivity index (χ4n) is 5.92. The van der Waals surface area contributed by atoms with Crippen molar-refractivity contribution in [3.8, 4) is 17.1 Å². The van der Waals surface area contributed by atoms with Gasteiger partial charge in [0.25, 0.3) is 11.8 Å². The fourth-order valence-corrected chi connectivity index (χ4v) is 7.20. The second-order valence-corrected chi connectivity index (χ2v) is 14.9. The molecule has 15 heteroatoms. The number of carbonyl (C=O) groups excluding carboxylic acids is 4. The molecule has 0 aliphatic heterocycles. The van der Waals surface area contributed by atoms with Gasteiger partial charge in [0.15, 0.2) is 5.76 Å². The van der Waals surface area contributed by atoms with Gasteiger partial charge < -0.3 is 34.2 Å². The van der Waals surface area contributed by atoms with E-state index in [0.29, 0.717) is 29.2 Å². The summed E-state index contributed by atoms with van der Waals surface area (Å²) in [7, 11) is -3.83. The van der Waals surface area contributed by atoms with Crippen molar-refractivity contribution in [2.45, 2.75) is 72.1 Å². The van der Waals surface area contributed by atoms with Gasteiger partial charge in [0.1, 0.15) is 17.8 Å². The third-order valence-corrected chi connectivity index (χ3v) is 10.5. The van der Waals surface area contributed by atoms with Gasteiger partial charge in [0, 0.05) is 5.56 Å². The van der Waals surface area contributed by atoms with E-state index in [0.717, 1.165) is 30.4 Å². The van der Waals surface area contributed by atoms with E-state index in [-0.39, 0.29) is 50.0 Å². The van der Waals surface area contributed by atoms with Crippen LogP contribution in [0.5, 0.6) is 5.75 Å². The van der Waals surface area contributed by atoms with Crippen molar-refractivity contribution in [3.63, 3.8) is 0 Å². The first-order valence-electron chi connectivity index (χ1n) is 18.7. The van der Waals surface area contributed by atoms with Gasteiger partial charge in [-0.25, -0.2) is 5.06 Å². The van der Waals surface area contributed by atoms with Crippen molar-refractivity contribution in [3.05, 3.63) is 113 Å². The lowest BCUT2D eigenvalue weighted by molar-refractivity contribution is -0.168. The van der Waals surface area contributed by atoms with Crippen LogP contribution in [0.3, 0.4) is 0 Å². The molecule has 3 aromatic carbocycles. The zero-order chi connectivity index (χ0) is 40.3. The van der Waals surface area contributed by atoms with Gasteiger partial charge in [-0.2, -0.15) is 0 Å². The number of furan rings is 1. The van der Waals surface area contributed by atoms with Gasteiger partial charge in [-0.15, -0.1) is 0 Å². The van der Waals surface area contributed by atoms with Crippen LogP contribution < -0.4 is 20.7 Å². The van der Waals surface area contributed by atoms with E-state index in [9.17, 15) is 29.0 Å². The minimum Gasteiger partial charge on any atom is -0.493 e. The first-order chi connectivity index (χ1) is 27.1. The van der Waals surface area contributed by atoms with Crippen LogP contribution >= 0.6 is 7.60 Å². The highest BCUT2D eigenvalue weighted by Gasteiger charge is 2.31. The van der Waals surface area contributed by atoms with Crippen LogP contribution in [0.2, 0.25) is 0 Å². The topological polar surface area (TPSA) is 186 Å². The number of benzene rings is 3. The molecule has 0 bridgehead atoms. The van der Waals surface area contributed by atoms with E-state index >= 15 is 0 Å². The Balaban J connectivity index is 1.40. The lowest BCUT2D eigenvalue weighted by atomic mass is 9.90. The molecule has 14 nitrogen and oxygen atoms in total. The molecule has 0 saturated carbocycles. The Hall–Kier alpha value is -5.27. The zero-order valence-electron chi connectivity index (χ0n) is 32.0. The summed E-state index contributed by atoms with van der Waals surface area (Å²) in [5.41, 5.74) is 2.27. The molecule has 56 heavy (non-hydrogen) atoms. The molecule has 0 aliphatic rings. The van der Waals surface area contributed by atoms with E-state index in [1.54, 1.807) is 32.0 Å². The summed E-state index contributed by atoms with van der Waals surface area (Å²) in [4.78, 5) is 50.7. The van der Waals surface area contributed by atoms with Crippen LogP contribution in [0.1, 0.15) is 84.9 Å². The second kappa shape index (κ2) is 22.3. The Bertz CT molecular complexity index is 1860. The number of hydrogen-bond donors (Lipinski definition) is 4. The maximum Gasteiger partial charge on any atom is 0.350 e. The first kappa shape index (κ1) is 43.5. The van der Waals surface area contributed by atoms with Crippen molar-refractivity contribution in [2.24, 2.45) is 5.92 Å². The molecule has 0 saturated heterocycles. The van der Waals surface area contributed by atoms with Crippen molar-refractivity contribution in [1.82, 2.24) is 21.0 Å². The highest BCUT2D eigenvalue weighted by Crippen LogP contribution is 2.48. The third kappa shape index (κ3) is 12.9. The summed E-state index contributed by atoms with van der Waals surface area (Å²) >= 11 is 0. The SMILES string of the molecule is CCCCC[C@@H](C(=O)NCNC(=O)c1ccc(-c2ccc(C(=O)NCP(=O)(OCc3ccccc3)OCc3ccccc3)c(OCC)c2)o1)[C@@H](CC)N(O)C=O. The lowest BCUT2D eigenvalue weighted by Crippen LogP contribution is -2.47. The zero-order valence-corrected chi connectivity index (χ0v) is 32.9. The van der Waals surface area contributed by atoms with E-state index in [2.05, 4.69) is 16.0 Å². The molecule has 0 spiro atoms. The average Bonchev–Trinajstić information content (AvgIpc) is 3.73. The van der Waals surface area contributed by atoms with E-state index in [1.165, 1.54) is 12.1 Å². The molecule has 0 aliphatic carbocycles. The number of nitrogens with zero attached hydrogens (tertiary/aromatic N) is 1. The summed E-state index contributed by atoms with van der Waals surface area (Å²) in [6.07, 6.45) is 3.31. The molecule has 1 aromatic heterocycles. The molecule has 4 amide bonds. The van der Waals surface area contributed by atoms with Gasteiger partial charge in [-0.3, -0.25) is 29.0 Å². The number of amides is 4. The fraction of sp³-hybridized carbons (Fsp3) is 0.366. The predicted molar refractivity (Wildman–Crippen MR) is 210 cm³/mol. The molecule has 4 rings (SSSR count). The third-order valence-electron chi connectivity index (χ3n) is 8.91. The standard InChI is InChI=1S/C41H51N4O10P/c1-4-7-10-19-33(35(5-2)45(50)29-46)39(47)42-27-43-41(49)37-23-22-36(55-37)32-20-21-34(38(24-32)52-6-3)40(48)44-28-56(51,53-25-30-15-11-8-12-16-30)54-26-31-17-13-9-14-18-31/h8-9,11-18,20-24,29,33,35,50H,4-7,10,19,25-28H2,1-3H3,(H,42,47)(H,43,49)(H,44,48)/t33-,35-/m1/s1. The molecular formula is C41H51N4O10P. The Morgan fingerprint density at radius 2 is 1.50 bits per heavy atom. The quantitative estimate of drug-likeness (QED) is 0.0140. The predicted octanol–water partition coefficient (Wildman–Crippen LogP) is 7.29. The number of carbonyl (C=O) groups is 4. The molecule has 0 fully saturated rings. The van der Waals surface area contributed by atoms with Crippen LogP contribution in [0.4, 0.5) is 0 Å². The molecular weight excluding hydrogens is 739 g/mol. The average molecular weight is 791 g/mol. The van der Waals surface area contributed by atoms with Crippen LogP contribution in [-0.4, -0.2) is 60.0 Å². The van der Waals surface area contributed by atoms with Gasteiger partial charge in [0.2, 0.25) is 12.3 Å². The number of hydroxylamine groups is 2. The van der Waals surface area contributed by atoms with Crippen molar-refractivity contribution in [1.29, 1.82) is 0 Å². The van der Waals surface area contributed by atoms with E-state index in [1.807, 2.05) is 67.6 Å². The summed E-state index contributed by atoms with van der Waals surface area (Å²) in [6, 6.07) is 25.6. The lowest BCUT2D eigenvalue weighted by Gasteiger charge is -2.29. The van der Waals surface area contributed by atoms with Crippen LogP contribution in [0.25, 0.3) is 11.3 Å². The van der Waals surface area contributed by atoms with Gasteiger partial charge >= 0.3 is 7.60 Å². The number of hydrogen-bond acceptors (Lipinski definition) is 10. The Morgan fingerprint density at radius 1 is 0.839 bits per heavy atom. The van der Waals surface area contributed by atoms with Crippen LogP contribution in [-0.2, 0) is 36.4 Å². The minimum atomic E-state index is -3.83. The smallest absolute Gasteiger partial charge is 0.350 e. The van der Waals surface area contributed by atoms with E-state index < -0.39 is 43.6 Å². The summed E-state index contributed by atoms with van der Waals surface area (Å²) in [5.74, 6) is -1.69. The summed E-state index contributed by atoms with van der Waals surface area (Å²) in [5, 5.41) is 18.5. The Morgan fingerprint density at radius 3 is 2.09 bits per heavy atom. The van der Waals surface area contributed by atoms with Gasteiger partial charge in [-0.05, 0) is 55.2 Å². The summed E-state index contributed by atoms with van der Waals surface area (Å²) in [6.45, 7) is 5.65. The molecule has 1 heterocycles. The maximum atomic E-state index is 13.9. The number of nitrogens with one attached hydrogen (secondary N) is 3. The number of unbranched alkanes of at least 4 members (excludes halogenated alkanes) is 2. The number of rotatable bonds is 24. The van der Waals surface area contributed by atoms with Gasteiger partial charge in [-0.1, -0.05) is 99.8 Å². The molecule has 0 unspecified atom stereocenters. The highest BCUT2D eigenvalue weighted by atomic mass is 31.2. The first-order valence-corrected chi connectivity index (χ1v) is 20.4. The van der Waals surface area contributed by atoms with Gasteiger partial charge in [0.05, 0.1) is 44.0 Å². The summed E-state index contributed by atoms with van der Waals surface area (Å²) < 4.78 is 37.1. The maximum absolute atomic E-state index is 13.9.